The van der Waals surface area contributed by atoms with E-state index in [1.54, 1.807) is 0 Å². The van der Waals surface area contributed by atoms with E-state index < -0.39 is 0 Å². The molecule has 1 aliphatic carbocycles. The number of hydrogen-bond acceptors (Lipinski definition) is 1. The van der Waals surface area contributed by atoms with Gasteiger partial charge < -0.3 is 5.32 Å². The Hall–Kier alpha value is -0.820. The summed E-state index contributed by atoms with van der Waals surface area (Å²) < 4.78 is 0. The van der Waals surface area contributed by atoms with E-state index >= 15 is 0 Å². The average molecular weight is 259 g/mol. The van der Waals surface area contributed by atoms with Gasteiger partial charge in [-0.2, -0.15) is 0 Å². The molecule has 0 radical (unpaired) electrons. The Bertz CT molecular complexity index is 416. The van der Waals surface area contributed by atoms with Crippen molar-refractivity contribution in [2.75, 3.05) is 6.54 Å². The van der Waals surface area contributed by atoms with Gasteiger partial charge in [-0.15, -0.1) is 0 Å². The summed E-state index contributed by atoms with van der Waals surface area (Å²) >= 11 is 0. The molecule has 1 aromatic carbocycles. The summed E-state index contributed by atoms with van der Waals surface area (Å²) in [6, 6.07) is 7.94. The van der Waals surface area contributed by atoms with E-state index in [-0.39, 0.29) is 5.41 Å². The first kappa shape index (κ1) is 14.6. The summed E-state index contributed by atoms with van der Waals surface area (Å²) in [4.78, 5) is 0. The van der Waals surface area contributed by atoms with Crippen LogP contribution in [0.5, 0.6) is 0 Å². The second-order valence-corrected chi connectivity index (χ2v) is 6.55. The van der Waals surface area contributed by atoms with Gasteiger partial charge in [-0.25, -0.2) is 0 Å². The van der Waals surface area contributed by atoms with Crippen molar-refractivity contribution in [2.24, 2.45) is 0 Å². The summed E-state index contributed by atoms with van der Waals surface area (Å²) in [7, 11) is 0. The summed E-state index contributed by atoms with van der Waals surface area (Å²) in [6.07, 6.45) is 6.27. The standard InChI is InChI=1S/C18H29N/c1-5-14-7-8-16(13-15(14)6-2)18(3,4)11-12-19-17-9-10-17/h7-8,13,17,19H,5-6,9-12H2,1-4H3. The lowest BCUT2D eigenvalue weighted by molar-refractivity contribution is 0.455. The molecule has 0 amide bonds. The van der Waals surface area contributed by atoms with Gasteiger partial charge in [0.25, 0.3) is 0 Å². The van der Waals surface area contributed by atoms with Crippen LogP contribution in [0.15, 0.2) is 18.2 Å². The first-order chi connectivity index (χ1) is 9.06. The molecular weight excluding hydrogens is 230 g/mol. The molecule has 19 heavy (non-hydrogen) atoms. The van der Waals surface area contributed by atoms with Crippen molar-refractivity contribution in [3.05, 3.63) is 34.9 Å². The molecule has 1 aliphatic rings. The highest BCUT2D eigenvalue weighted by Gasteiger charge is 2.24. The second kappa shape index (κ2) is 6.09. The van der Waals surface area contributed by atoms with E-state index in [1.165, 1.54) is 36.0 Å². The molecule has 1 aromatic rings. The lowest BCUT2D eigenvalue weighted by atomic mass is 9.80. The molecule has 106 valence electrons. The number of nitrogens with one attached hydrogen (secondary N) is 1. The zero-order valence-corrected chi connectivity index (χ0v) is 13.1. The number of rotatable bonds is 7. The fourth-order valence-corrected chi connectivity index (χ4v) is 2.74. The Kier molecular flexibility index (Phi) is 4.67. The highest BCUT2D eigenvalue weighted by atomic mass is 14.9. The maximum absolute atomic E-state index is 3.63. The van der Waals surface area contributed by atoms with Crippen LogP contribution in [0.25, 0.3) is 0 Å². The molecule has 2 rings (SSSR count). The Labute approximate surface area is 118 Å². The van der Waals surface area contributed by atoms with Crippen LogP contribution in [0.2, 0.25) is 0 Å². The molecule has 1 fully saturated rings. The van der Waals surface area contributed by atoms with Crippen molar-refractivity contribution >= 4 is 0 Å². The summed E-state index contributed by atoms with van der Waals surface area (Å²) in [5.74, 6) is 0. The fraction of sp³-hybridized carbons (Fsp3) is 0.667. The minimum atomic E-state index is 0.276. The molecule has 0 aromatic heterocycles. The van der Waals surface area contributed by atoms with Crippen molar-refractivity contribution in [2.45, 2.75) is 71.3 Å². The maximum atomic E-state index is 3.63. The van der Waals surface area contributed by atoms with E-state index in [2.05, 4.69) is 51.2 Å². The minimum Gasteiger partial charge on any atom is -0.314 e. The number of hydrogen-bond donors (Lipinski definition) is 1. The summed E-state index contributed by atoms with van der Waals surface area (Å²) in [5, 5.41) is 3.63. The van der Waals surface area contributed by atoms with Crippen LogP contribution in [0.1, 0.15) is 63.6 Å². The third kappa shape index (κ3) is 3.82. The van der Waals surface area contributed by atoms with Gasteiger partial charge in [0.05, 0.1) is 0 Å². The molecule has 0 spiro atoms. The molecule has 0 saturated heterocycles. The lowest BCUT2D eigenvalue weighted by Crippen LogP contribution is -2.26. The molecule has 0 aliphatic heterocycles. The zero-order valence-electron chi connectivity index (χ0n) is 13.1. The lowest BCUT2D eigenvalue weighted by Gasteiger charge is -2.27. The van der Waals surface area contributed by atoms with Gasteiger partial charge in [-0.05, 0) is 60.8 Å². The molecule has 1 N–H and O–H groups in total. The van der Waals surface area contributed by atoms with Crippen LogP contribution >= 0.6 is 0 Å². The predicted octanol–water partition coefficient (Wildman–Crippen LogP) is 4.23. The first-order valence-corrected chi connectivity index (χ1v) is 7.92. The maximum Gasteiger partial charge on any atom is 0.00682 e. The van der Waals surface area contributed by atoms with Crippen LogP contribution < -0.4 is 5.32 Å². The molecule has 1 heteroatoms. The molecule has 0 unspecified atom stereocenters. The van der Waals surface area contributed by atoms with Crippen molar-refractivity contribution in [3.63, 3.8) is 0 Å². The highest BCUT2D eigenvalue weighted by molar-refractivity contribution is 5.35. The van der Waals surface area contributed by atoms with E-state index in [9.17, 15) is 0 Å². The second-order valence-electron chi connectivity index (χ2n) is 6.55. The van der Waals surface area contributed by atoms with Gasteiger partial charge in [0.2, 0.25) is 0 Å². The highest BCUT2D eigenvalue weighted by Crippen LogP contribution is 2.29. The summed E-state index contributed by atoms with van der Waals surface area (Å²) in [5.41, 5.74) is 4.82. The van der Waals surface area contributed by atoms with E-state index in [0.29, 0.717) is 0 Å². The van der Waals surface area contributed by atoms with E-state index in [0.717, 1.165) is 25.4 Å². The Morgan fingerprint density at radius 3 is 2.37 bits per heavy atom. The number of aryl methyl sites for hydroxylation is 2. The molecule has 1 nitrogen and oxygen atoms in total. The molecular formula is C18H29N. The van der Waals surface area contributed by atoms with Gasteiger partial charge in [0.15, 0.2) is 0 Å². The van der Waals surface area contributed by atoms with Crippen molar-refractivity contribution < 1.29 is 0 Å². The quantitative estimate of drug-likeness (QED) is 0.772. The summed E-state index contributed by atoms with van der Waals surface area (Å²) in [6.45, 7) is 10.4. The minimum absolute atomic E-state index is 0.276. The topological polar surface area (TPSA) is 12.0 Å². The Morgan fingerprint density at radius 1 is 1.11 bits per heavy atom. The van der Waals surface area contributed by atoms with Crippen molar-refractivity contribution in [1.82, 2.24) is 5.32 Å². The fourth-order valence-electron chi connectivity index (χ4n) is 2.74. The predicted molar refractivity (Wildman–Crippen MR) is 83.9 cm³/mol. The van der Waals surface area contributed by atoms with Gasteiger partial charge in [-0.1, -0.05) is 45.9 Å². The average Bonchev–Trinajstić information content (AvgIpc) is 3.21. The SMILES string of the molecule is CCc1ccc(C(C)(C)CCNC2CC2)cc1CC. The third-order valence-corrected chi connectivity index (χ3v) is 4.51. The van der Waals surface area contributed by atoms with Gasteiger partial charge in [0.1, 0.15) is 0 Å². The van der Waals surface area contributed by atoms with Gasteiger partial charge in [0, 0.05) is 6.04 Å². The Balaban J connectivity index is 2.04. The van der Waals surface area contributed by atoms with Gasteiger partial charge in [-0.3, -0.25) is 0 Å². The van der Waals surface area contributed by atoms with Gasteiger partial charge >= 0.3 is 0 Å². The van der Waals surface area contributed by atoms with Crippen LogP contribution in [0, 0.1) is 0 Å². The first-order valence-electron chi connectivity index (χ1n) is 7.92. The van der Waals surface area contributed by atoms with Crippen molar-refractivity contribution in [3.8, 4) is 0 Å². The third-order valence-electron chi connectivity index (χ3n) is 4.51. The monoisotopic (exact) mass is 259 g/mol. The normalized spacial score (nSPS) is 15.8. The molecule has 0 bridgehead atoms. The van der Waals surface area contributed by atoms with Crippen LogP contribution in [0.3, 0.4) is 0 Å². The van der Waals surface area contributed by atoms with Crippen molar-refractivity contribution in [1.29, 1.82) is 0 Å². The van der Waals surface area contributed by atoms with Crippen LogP contribution in [-0.4, -0.2) is 12.6 Å². The zero-order chi connectivity index (χ0) is 13.9. The van der Waals surface area contributed by atoms with E-state index in [4.69, 9.17) is 0 Å². The largest absolute Gasteiger partial charge is 0.314 e. The van der Waals surface area contributed by atoms with E-state index in [1.807, 2.05) is 0 Å². The molecule has 0 heterocycles. The smallest absolute Gasteiger partial charge is 0.00682 e. The Morgan fingerprint density at radius 2 is 1.79 bits per heavy atom. The van der Waals surface area contributed by atoms with Crippen LogP contribution in [-0.2, 0) is 18.3 Å². The molecule has 1 saturated carbocycles. The van der Waals surface area contributed by atoms with Crippen LogP contribution in [0.4, 0.5) is 0 Å². The molecule has 0 atom stereocenters. The number of benzene rings is 1.